The maximum absolute atomic E-state index is 11.4. The first kappa shape index (κ1) is 16.4. The highest BCUT2D eigenvalue weighted by molar-refractivity contribution is 5.94. The van der Waals surface area contributed by atoms with Gasteiger partial charge in [0.25, 0.3) is 0 Å². The molecule has 0 aliphatic carbocycles. The number of rotatable bonds is 4. The van der Waals surface area contributed by atoms with Gasteiger partial charge in [-0.15, -0.1) is 0 Å². The summed E-state index contributed by atoms with van der Waals surface area (Å²) in [5.41, 5.74) is 2.57. The van der Waals surface area contributed by atoms with Crippen LogP contribution in [0.5, 0.6) is 0 Å². The summed E-state index contributed by atoms with van der Waals surface area (Å²) in [6, 6.07) is 9.39. The summed E-state index contributed by atoms with van der Waals surface area (Å²) in [5.74, 6) is 2.33. The molecule has 1 fully saturated rings. The number of anilines is 3. The molecule has 5 heteroatoms. The molecule has 24 heavy (non-hydrogen) atoms. The summed E-state index contributed by atoms with van der Waals surface area (Å²) in [6.45, 7) is 7.86. The monoisotopic (exact) mass is 324 g/mol. The van der Waals surface area contributed by atoms with Gasteiger partial charge in [0, 0.05) is 36.1 Å². The van der Waals surface area contributed by atoms with Gasteiger partial charge < -0.3 is 10.2 Å². The predicted octanol–water partition coefficient (Wildman–Crippen LogP) is 3.97. The van der Waals surface area contributed by atoms with Crippen LogP contribution in [-0.4, -0.2) is 28.8 Å². The van der Waals surface area contributed by atoms with Crippen molar-refractivity contribution < 1.29 is 4.79 Å². The standard InChI is InChI=1S/C19H24N4O/c1-13-5-4-10-23(12-13)19-20-14(2)11-18(22-19)21-17-8-6-16(7-9-17)15(3)24/h6-9,11,13H,4-5,10,12H2,1-3H3,(H,20,21,22). The van der Waals surface area contributed by atoms with Crippen molar-refractivity contribution in [3.8, 4) is 0 Å². The van der Waals surface area contributed by atoms with Crippen LogP contribution < -0.4 is 10.2 Å². The lowest BCUT2D eigenvalue weighted by molar-refractivity contribution is 0.101. The Labute approximate surface area is 143 Å². The third-order valence-corrected chi connectivity index (χ3v) is 4.35. The Kier molecular flexibility index (Phi) is 4.79. The fourth-order valence-corrected chi connectivity index (χ4v) is 3.07. The van der Waals surface area contributed by atoms with Crippen molar-refractivity contribution in [3.05, 3.63) is 41.6 Å². The average Bonchev–Trinajstić information content (AvgIpc) is 2.55. The van der Waals surface area contributed by atoms with Crippen LogP contribution in [0, 0.1) is 12.8 Å². The molecular formula is C19H24N4O. The van der Waals surface area contributed by atoms with Gasteiger partial charge in [0.05, 0.1) is 0 Å². The van der Waals surface area contributed by atoms with Crippen molar-refractivity contribution in [2.45, 2.75) is 33.6 Å². The van der Waals surface area contributed by atoms with E-state index < -0.39 is 0 Å². The highest BCUT2D eigenvalue weighted by Crippen LogP contribution is 2.23. The minimum absolute atomic E-state index is 0.0703. The van der Waals surface area contributed by atoms with Crippen LogP contribution in [0.1, 0.15) is 42.7 Å². The molecule has 3 rings (SSSR count). The minimum Gasteiger partial charge on any atom is -0.340 e. The number of Topliss-reactive ketones (excluding diaryl/α,β-unsaturated/α-hetero) is 1. The Balaban J connectivity index is 1.79. The highest BCUT2D eigenvalue weighted by atomic mass is 16.1. The second-order valence-electron chi connectivity index (χ2n) is 6.65. The molecule has 5 nitrogen and oxygen atoms in total. The minimum atomic E-state index is 0.0703. The number of piperidine rings is 1. The number of nitrogens with one attached hydrogen (secondary N) is 1. The van der Waals surface area contributed by atoms with E-state index in [1.807, 2.05) is 37.3 Å². The fraction of sp³-hybridized carbons (Fsp3) is 0.421. The zero-order valence-corrected chi connectivity index (χ0v) is 14.5. The molecule has 1 unspecified atom stereocenters. The number of benzene rings is 1. The molecule has 0 spiro atoms. The van der Waals surface area contributed by atoms with Gasteiger partial charge in [0.15, 0.2) is 5.78 Å². The van der Waals surface area contributed by atoms with E-state index >= 15 is 0 Å². The smallest absolute Gasteiger partial charge is 0.227 e. The van der Waals surface area contributed by atoms with Crippen LogP contribution in [0.15, 0.2) is 30.3 Å². The molecule has 0 radical (unpaired) electrons. The lowest BCUT2D eigenvalue weighted by Crippen LogP contribution is -2.35. The van der Waals surface area contributed by atoms with Gasteiger partial charge in [-0.1, -0.05) is 6.92 Å². The molecule has 2 aromatic rings. The predicted molar refractivity (Wildman–Crippen MR) is 97.1 cm³/mol. The zero-order valence-electron chi connectivity index (χ0n) is 14.5. The maximum atomic E-state index is 11.4. The number of carbonyl (C=O) groups is 1. The van der Waals surface area contributed by atoms with Gasteiger partial charge in [-0.3, -0.25) is 4.79 Å². The molecule has 2 heterocycles. The maximum Gasteiger partial charge on any atom is 0.227 e. The van der Waals surface area contributed by atoms with Gasteiger partial charge in [-0.05, 0) is 56.9 Å². The number of aromatic nitrogens is 2. The zero-order chi connectivity index (χ0) is 17.1. The normalized spacial score (nSPS) is 17.6. The summed E-state index contributed by atoms with van der Waals surface area (Å²) in [7, 11) is 0. The first-order chi connectivity index (χ1) is 11.5. The Bertz CT molecular complexity index is 727. The average molecular weight is 324 g/mol. The van der Waals surface area contributed by atoms with E-state index in [1.165, 1.54) is 12.8 Å². The van der Waals surface area contributed by atoms with Gasteiger partial charge in [-0.25, -0.2) is 4.98 Å². The van der Waals surface area contributed by atoms with Crippen molar-refractivity contribution in [1.82, 2.24) is 9.97 Å². The summed E-state index contributed by atoms with van der Waals surface area (Å²) in [5, 5.41) is 3.31. The Morgan fingerprint density at radius 3 is 2.67 bits per heavy atom. The lowest BCUT2D eigenvalue weighted by atomic mass is 10.0. The summed E-state index contributed by atoms with van der Waals surface area (Å²) >= 11 is 0. The topological polar surface area (TPSA) is 58.1 Å². The molecule has 0 amide bonds. The lowest BCUT2D eigenvalue weighted by Gasteiger charge is -2.31. The van der Waals surface area contributed by atoms with Crippen LogP contribution in [-0.2, 0) is 0 Å². The highest BCUT2D eigenvalue weighted by Gasteiger charge is 2.19. The fourth-order valence-electron chi connectivity index (χ4n) is 3.07. The van der Waals surface area contributed by atoms with Gasteiger partial charge in [0.1, 0.15) is 5.82 Å². The number of carbonyl (C=O) groups excluding carboxylic acids is 1. The molecule has 126 valence electrons. The van der Waals surface area contributed by atoms with Crippen LogP contribution in [0.4, 0.5) is 17.5 Å². The molecular weight excluding hydrogens is 300 g/mol. The van der Waals surface area contributed by atoms with Crippen LogP contribution in [0.25, 0.3) is 0 Å². The van der Waals surface area contributed by atoms with E-state index in [2.05, 4.69) is 27.1 Å². The SMILES string of the molecule is CC(=O)c1ccc(Nc2cc(C)nc(N3CCCC(C)C3)n2)cc1. The van der Waals surface area contributed by atoms with E-state index in [1.54, 1.807) is 6.92 Å². The largest absolute Gasteiger partial charge is 0.340 e. The number of hydrogen-bond acceptors (Lipinski definition) is 5. The molecule has 1 aliphatic heterocycles. The van der Waals surface area contributed by atoms with E-state index in [9.17, 15) is 4.79 Å². The van der Waals surface area contributed by atoms with E-state index in [4.69, 9.17) is 0 Å². The summed E-state index contributed by atoms with van der Waals surface area (Å²) in [6.07, 6.45) is 2.46. The number of hydrogen-bond donors (Lipinski definition) is 1. The third kappa shape index (κ3) is 3.91. The van der Waals surface area contributed by atoms with Gasteiger partial charge >= 0.3 is 0 Å². The van der Waals surface area contributed by atoms with Crippen LogP contribution in [0.2, 0.25) is 0 Å². The molecule has 1 atom stereocenters. The van der Waals surface area contributed by atoms with Crippen molar-refractivity contribution in [2.75, 3.05) is 23.3 Å². The van der Waals surface area contributed by atoms with Crippen molar-refractivity contribution in [3.63, 3.8) is 0 Å². The van der Waals surface area contributed by atoms with Crippen LogP contribution >= 0.6 is 0 Å². The molecule has 0 bridgehead atoms. The van der Waals surface area contributed by atoms with Gasteiger partial charge in [-0.2, -0.15) is 4.98 Å². The Morgan fingerprint density at radius 1 is 1.25 bits per heavy atom. The molecule has 1 aliphatic rings. The van der Waals surface area contributed by atoms with E-state index in [0.29, 0.717) is 11.5 Å². The molecule has 1 N–H and O–H groups in total. The van der Waals surface area contributed by atoms with Gasteiger partial charge in [0.2, 0.25) is 5.95 Å². The van der Waals surface area contributed by atoms with Crippen molar-refractivity contribution >= 4 is 23.2 Å². The van der Waals surface area contributed by atoms with Crippen molar-refractivity contribution in [2.24, 2.45) is 5.92 Å². The molecule has 1 aromatic heterocycles. The van der Waals surface area contributed by atoms with E-state index in [0.717, 1.165) is 36.2 Å². The first-order valence-electron chi connectivity index (χ1n) is 8.50. The summed E-state index contributed by atoms with van der Waals surface area (Å²) in [4.78, 5) is 22.9. The molecule has 1 aromatic carbocycles. The molecule has 0 saturated carbocycles. The Morgan fingerprint density at radius 2 is 2.00 bits per heavy atom. The third-order valence-electron chi connectivity index (χ3n) is 4.35. The second kappa shape index (κ2) is 6.99. The van der Waals surface area contributed by atoms with Crippen molar-refractivity contribution in [1.29, 1.82) is 0 Å². The molecule has 1 saturated heterocycles. The van der Waals surface area contributed by atoms with Crippen LogP contribution in [0.3, 0.4) is 0 Å². The van der Waals surface area contributed by atoms with E-state index in [-0.39, 0.29) is 5.78 Å². The number of nitrogens with zero attached hydrogens (tertiary/aromatic N) is 3. The number of ketones is 1. The quantitative estimate of drug-likeness (QED) is 0.863. The number of aryl methyl sites for hydroxylation is 1. The summed E-state index contributed by atoms with van der Waals surface area (Å²) < 4.78 is 0. The first-order valence-corrected chi connectivity index (χ1v) is 8.50. The second-order valence-corrected chi connectivity index (χ2v) is 6.65. The Hall–Kier alpha value is -2.43.